The SMILES string of the molecule is CC1=CC[C@@H](C(=O)N2C(=O)CC[C@H]2COC(c2ccccc2)(c2ccccc2)c2ccccc2)[C@H](C)C1. The van der Waals surface area contributed by atoms with E-state index in [2.05, 4.69) is 56.3 Å². The number of nitrogens with zero attached hydrogens (tertiary/aromatic N) is 1. The van der Waals surface area contributed by atoms with Gasteiger partial charge in [0.25, 0.3) is 0 Å². The number of carbonyl (C=O) groups excluding carboxylic acids is 2. The van der Waals surface area contributed by atoms with E-state index in [1.165, 1.54) is 10.5 Å². The van der Waals surface area contributed by atoms with Crippen molar-refractivity contribution in [1.29, 1.82) is 0 Å². The van der Waals surface area contributed by atoms with Gasteiger partial charge in [0.15, 0.2) is 0 Å². The molecule has 0 N–H and O–H groups in total. The van der Waals surface area contributed by atoms with Gasteiger partial charge in [-0.3, -0.25) is 14.5 Å². The zero-order chi connectivity index (χ0) is 25.8. The zero-order valence-corrected chi connectivity index (χ0v) is 21.7. The van der Waals surface area contributed by atoms with Crippen LogP contribution in [0.4, 0.5) is 0 Å². The minimum atomic E-state index is -0.873. The highest BCUT2D eigenvalue weighted by Gasteiger charge is 2.44. The molecule has 1 aliphatic carbocycles. The van der Waals surface area contributed by atoms with Gasteiger partial charge in [-0.25, -0.2) is 0 Å². The lowest BCUT2D eigenvalue weighted by Crippen LogP contribution is -2.47. The molecule has 190 valence electrons. The van der Waals surface area contributed by atoms with E-state index in [1.807, 2.05) is 54.6 Å². The summed E-state index contributed by atoms with van der Waals surface area (Å²) in [5, 5.41) is 0. The Labute approximate surface area is 220 Å². The summed E-state index contributed by atoms with van der Waals surface area (Å²) < 4.78 is 6.97. The Bertz CT molecular complexity index is 1160. The summed E-state index contributed by atoms with van der Waals surface area (Å²) in [6.07, 6.45) is 4.75. The molecule has 4 nitrogen and oxygen atoms in total. The fourth-order valence-corrected chi connectivity index (χ4v) is 6.01. The number of allylic oxidation sites excluding steroid dienone is 2. The van der Waals surface area contributed by atoms with E-state index in [4.69, 9.17) is 4.74 Å². The van der Waals surface area contributed by atoms with E-state index in [0.717, 1.165) is 23.1 Å². The highest BCUT2D eigenvalue weighted by molar-refractivity contribution is 5.98. The van der Waals surface area contributed by atoms with Crippen molar-refractivity contribution in [3.63, 3.8) is 0 Å². The third-order valence-electron chi connectivity index (χ3n) is 7.96. The third-order valence-corrected chi connectivity index (χ3v) is 7.96. The van der Waals surface area contributed by atoms with Crippen LogP contribution in [0.2, 0.25) is 0 Å². The lowest BCUT2D eigenvalue weighted by atomic mass is 9.80. The minimum absolute atomic E-state index is 0.0444. The Morgan fingerprint density at radius 2 is 1.41 bits per heavy atom. The minimum Gasteiger partial charge on any atom is -0.359 e. The summed E-state index contributed by atoms with van der Waals surface area (Å²) in [4.78, 5) is 28.2. The van der Waals surface area contributed by atoms with E-state index in [9.17, 15) is 9.59 Å². The largest absolute Gasteiger partial charge is 0.359 e. The van der Waals surface area contributed by atoms with Crippen molar-refractivity contribution in [3.8, 4) is 0 Å². The van der Waals surface area contributed by atoms with Crippen LogP contribution in [0.5, 0.6) is 0 Å². The highest BCUT2D eigenvalue weighted by Crippen LogP contribution is 2.41. The second kappa shape index (κ2) is 10.9. The molecule has 1 aliphatic heterocycles. The van der Waals surface area contributed by atoms with Crippen LogP contribution < -0.4 is 0 Å². The predicted octanol–water partition coefficient (Wildman–Crippen LogP) is 6.51. The molecular weight excluding hydrogens is 458 g/mol. The number of hydrogen-bond acceptors (Lipinski definition) is 3. The number of ether oxygens (including phenoxy) is 1. The summed E-state index contributed by atoms with van der Waals surface area (Å²) in [6.45, 7) is 4.51. The molecule has 2 amide bonds. The normalized spacial score (nSPS) is 22.1. The lowest BCUT2D eigenvalue weighted by molar-refractivity contribution is -0.150. The van der Waals surface area contributed by atoms with Crippen molar-refractivity contribution in [3.05, 3.63) is 119 Å². The van der Waals surface area contributed by atoms with Gasteiger partial charge >= 0.3 is 0 Å². The Kier molecular flexibility index (Phi) is 7.38. The molecule has 5 rings (SSSR count). The molecule has 1 fully saturated rings. The van der Waals surface area contributed by atoms with Crippen molar-refractivity contribution in [2.24, 2.45) is 11.8 Å². The first-order chi connectivity index (χ1) is 18.0. The van der Waals surface area contributed by atoms with Crippen molar-refractivity contribution < 1.29 is 14.3 Å². The van der Waals surface area contributed by atoms with Crippen LogP contribution in [0.15, 0.2) is 103 Å². The second-order valence-electron chi connectivity index (χ2n) is 10.5. The molecule has 1 saturated heterocycles. The number of likely N-dealkylation sites (tertiary alicyclic amines) is 1. The number of hydrogen-bond donors (Lipinski definition) is 0. The number of benzene rings is 3. The maximum atomic E-state index is 13.7. The zero-order valence-electron chi connectivity index (χ0n) is 21.7. The fourth-order valence-electron chi connectivity index (χ4n) is 6.01. The Balaban J connectivity index is 1.50. The molecule has 3 aromatic carbocycles. The maximum Gasteiger partial charge on any atom is 0.233 e. The average molecular weight is 494 g/mol. The van der Waals surface area contributed by atoms with Gasteiger partial charge in [0.2, 0.25) is 11.8 Å². The van der Waals surface area contributed by atoms with E-state index < -0.39 is 5.60 Å². The molecule has 4 heteroatoms. The number of amides is 2. The van der Waals surface area contributed by atoms with Gasteiger partial charge in [0.1, 0.15) is 5.60 Å². The van der Waals surface area contributed by atoms with Crippen molar-refractivity contribution in [2.75, 3.05) is 6.61 Å². The molecule has 0 unspecified atom stereocenters. The highest BCUT2D eigenvalue weighted by atomic mass is 16.5. The van der Waals surface area contributed by atoms with Gasteiger partial charge in [-0.2, -0.15) is 0 Å². The van der Waals surface area contributed by atoms with E-state index >= 15 is 0 Å². The van der Waals surface area contributed by atoms with Crippen molar-refractivity contribution in [2.45, 2.75) is 51.2 Å². The number of imide groups is 1. The molecule has 2 aliphatic rings. The summed E-state index contributed by atoms with van der Waals surface area (Å²) >= 11 is 0. The van der Waals surface area contributed by atoms with E-state index in [-0.39, 0.29) is 36.3 Å². The first kappa shape index (κ1) is 25.2. The van der Waals surface area contributed by atoms with Crippen LogP contribution in [0.3, 0.4) is 0 Å². The van der Waals surface area contributed by atoms with Crippen molar-refractivity contribution in [1.82, 2.24) is 4.90 Å². The summed E-state index contributed by atoms with van der Waals surface area (Å²) in [5.74, 6) is -0.0567. The molecule has 37 heavy (non-hydrogen) atoms. The van der Waals surface area contributed by atoms with Gasteiger partial charge in [0.05, 0.1) is 12.6 Å². The van der Waals surface area contributed by atoms with Gasteiger partial charge in [0, 0.05) is 12.3 Å². The summed E-state index contributed by atoms with van der Waals surface area (Å²) in [5.41, 5.74) is 3.48. The van der Waals surface area contributed by atoms with Crippen LogP contribution in [-0.4, -0.2) is 29.4 Å². The molecule has 0 aromatic heterocycles. The molecule has 3 atom stereocenters. The molecule has 3 aromatic rings. The first-order valence-corrected chi connectivity index (χ1v) is 13.3. The quantitative estimate of drug-likeness (QED) is 0.214. The molecule has 0 saturated carbocycles. The lowest BCUT2D eigenvalue weighted by Gasteiger charge is -2.38. The monoisotopic (exact) mass is 493 g/mol. The summed E-state index contributed by atoms with van der Waals surface area (Å²) in [7, 11) is 0. The molecule has 0 spiro atoms. The van der Waals surface area contributed by atoms with Crippen molar-refractivity contribution >= 4 is 11.8 Å². The van der Waals surface area contributed by atoms with Crippen LogP contribution >= 0.6 is 0 Å². The third kappa shape index (κ3) is 4.91. The Hall–Kier alpha value is -3.50. The number of rotatable bonds is 7. The topological polar surface area (TPSA) is 46.6 Å². The molecule has 1 heterocycles. The Morgan fingerprint density at radius 1 is 0.892 bits per heavy atom. The van der Waals surface area contributed by atoms with E-state index in [1.54, 1.807) is 0 Å². The number of carbonyl (C=O) groups is 2. The van der Waals surface area contributed by atoms with Gasteiger partial charge in [-0.05, 0) is 48.8 Å². The molecular formula is C33H35NO3. The van der Waals surface area contributed by atoms with Crippen LogP contribution in [-0.2, 0) is 19.9 Å². The van der Waals surface area contributed by atoms with Gasteiger partial charge in [-0.1, -0.05) is 110 Å². The predicted molar refractivity (Wildman–Crippen MR) is 146 cm³/mol. The van der Waals surface area contributed by atoms with Gasteiger partial charge < -0.3 is 4.74 Å². The second-order valence-corrected chi connectivity index (χ2v) is 10.5. The first-order valence-electron chi connectivity index (χ1n) is 13.3. The fraction of sp³-hybridized carbons (Fsp3) is 0.333. The van der Waals surface area contributed by atoms with Crippen LogP contribution in [0.1, 0.15) is 56.2 Å². The van der Waals surface area contributed by atoms with Gasteiger partial charge in [-0.15, -0.1) is 0 Å². The van der Waals surface area contributed by atoms with Crippen LogP contribution in [0, 0.1) is 11.8 Å². The van der Waals surface area contributed by atoms with E-state index in [0.29, 0.717) is 19.3 Å². The standard InChI is InChI=1S/C33H35NO3/c1-24-18-20-30(25(2)22-24)32(36)34-29(19-21-31(34)35)23-37-33(26-12-6-3-7-13-26,27-14-8-4-9-15-27)28-16-10-5-11-17-28/h3-18,25,29-30H,19-23H2,1-2H3/t25-,29+,30-/m1/s1. The maximum absolute atomic E-state index is 13.7. The average Bonchev–Trinajstić information content (AvgIpc) is 3.30. The van der Waals surface area contributed by atoms with Crippen LogP contribution in [0.25, 0.3) is 0 Å². The Morgan fingerprint density at radius 3 is 1.89 bits per heavy atom. The molecule has 0 bridgehead atoms. The molecule has 0 radical (unpaired) electrons. The summed E-state index contributed by atoms with van der Waals surface area (Å²) in [6, 6.07) is 30.4. The smallest absolute Gasteiger partial charge is 0.233 e.